The van der Waals surface area contributed by atoms with Gasteiger partial charge in [-0.15, -0.1) is 0 Å². The van der Waals surface area contributed by atoms with Crippen molar-refractivity contribution < 1.29 is 9.84 Å². The Balaban J connectivity index is 1.85. The van der Waals surface area contributed by atoms with E-state index in [0.29, 0.717) is 25.0 Å². The summed E-state index contributed by atoms with van der Waals surface area (Å²) in [6.45, 7) is 10.8. The minimum Gasteiger partial charge on any atom is -0.491 e. The molecule has 2 atom stereocenters. The summed E-state index contributed by atoms with van der Waals surface area (Å²) in [4.78, 5) is 4.63. The number of hydrogen-bond donors (Lipinski definition) is 3. The number of nitrogens with zero attached hydrogens (tertiary/aromatic N) is 3. The minimum absolute atomic E-state index is 0.131. The van der Waals surface area contributed by atoms with Crippen LogP contribution in [0.25, 0.3) is 0 Å². The summed E-state index contributed by atoms with van der Waals surface area (Å²) >= 11 is 0. The quantitative estimate of drug-likeness (QED) is 0.431. The van der Waals surface area contributed by atoms with Gasteiger partial charge in [-0.2, -0.15) is 5.10 Å². The third kappa shape index (κ3) is 7.60. The Morgan fingerprint density at radius 3 is 2.57 bits per heavy atom. The fourth-order valence-corrected chi connectivity index (χ4v) is 2.73. The Hall–Kier alpha value is -2.54. The van der Waals surface area contributed by atoms with Crippen molar-refractivity contribution >= 4 is 5.96 Å². The van der Waals surface area contributed by atoms with Crippen LogP contribution in [0.3, 0.4) is 0 Å². The predicted molar refractivity (Wildman–Crippen MR) is 113 cm³/mol. The van der Waals surface area contributed by atoms with E-state index < -0.39 is 6.10 Å². The van der Waals surface area contributed by atoms with Gasteiger partial charge in [0, 0.05) is 38.6 Å². The summed E-state index contributed by atoms with van der Waals surface area (Å²) in [6, 6.07) is 9.47. The van der Waals surface area contributed by atoms with Gasteiger partial charge in [-0.25, -0.2) is 0 Å². The highest BCUT2D eigenvalue weighted by molar-refractivity contribution is 5.79. The number of rotatable bonds is 10. The zero-order valence-corrected chi connectivity index (χ0v) is 17.3. The fourth-order valence-electron chi connectivity index (χ4n) is 2.73. The SMILES string of the molecule is CCNC(=NCC(C)Cn1cccn1)NCC(O)c1ccc(OC(C)C)cc1. The molecular formula is C21H33N5O2. The van der Waals surface area contributed by atoms with Crippen molar-refractivity contribution in [1.29, 1.82) is 0 Å². The Labute approximate surface area is 167 Å². The molecule has 0 saturated heterocycles. The number of aromatic nitrogens is 2. The summed E-state index contributed by atoms with van der Waals surface area (Å²) < 4.78 is 7.55. The minimum atomic E-state index is -0.626. The van der Waals surface area contributed by atoms with Crippen LogP contribution in [0.1, 0.15) is 39.4 Å². The third-order valence-electron chi connectivity index (χ3n) is 4.06. The summed E-state index contributed by atoms with van der Waals surface area (Å²) in [5.41, 5.74) is 0.839. The maximum absolute atomic E-state index is 10.5. The van der Waals surface area contributed by atoms with Crippen LogP contribution in [0.5, 0.6) is 5.75 Å². The summed E-state index contributed by atoms with van der Waals surface area (Å²) in [6.07, 6.45) is 3.24. The van der Waals surface area contributed by atoms with Crippen LogP contribution in [0.15, 0.2) is 47.7 Å². The molecule has 0 aliphatic rings. The highest BCUT2D eigenvalue weighted by Gasteiger charge is 2.10. The molecule has 0 bridgehead atoms. The second kappa shape index (κ2) is 11.3. The molecule has 7 heteroatoms. The lowest BCUT2D eigenvalue weighted by Gasteiger charge is -2.17. The molecule has 0 amide bonds. The molecule has 0 saturated carbocycles. The fraction of sp³-hybridized carbons (Fsp3) is 0.524. The molecule has 0 aliphatic heterocycles. The summed E-state index contributed by atoms with van der Waals surface area (Å²) in [5, 5.41) is 21.1. The first-order chi connectivity index (χ1) is 13.5. The van der Waals surface area contributed by atoms with Gasteiger partial charge in [-0.1, -0.05) is 19.1 Å². The van der Waals surface area contributed by atoms with Crippen LogP contribution in [-0.4, -0.2) is 46.6 Å². The van der Waals surface area contributed by atoms with E-state index in [4.69, 9.17) is 4.74 Å². The number of aliphatic hydroxyl groups excluding tert-OH is 1. The van der Waals surface area contributed by atoms with Gasteiger partial charge >= 0.3 is 0 Å². The maximum atomic E-state index is 10.5. The molecule has 2 rings (SSSR count). The van der Waals surface area contributed by atoms with Crippen molar-refractivity contribution in [1.82, 2.24) is 20.4 Å². The summed E-state index contributed by atoms with van der Waals surface area (Å²) in [7, 11) is 0. The van der Waals surface area contributed by atoms with Crippen molar-refractivity contribution in [2.75, 3.05) is 19.6 Å². The third-order valence-corrected chi connectivity index (χ3v) is 4.06. The van der Waals surface area contributed by atoms with E-state index >= 15 is 0 Å². The van der Waals surface area contributed by atoms with Crippen molar-refractivity contribution in [2.45, 2.75) is 46.4 Å². The van der Waals surface area contributed by atoms with E-state index in [2.05, 4.69) is 27.6 Å². The van der Waals surface area contributed by atoms with Gasteiger partial charge in [-0.05, 0) is 50.5 Å². The van der Waals surface area contributed by atoms with Gasteiger partial charge in [0.1, 0.15) is 5.75 Å². The van der Waals surface area contributed by atoms with Crippen LogP contribution in [0, 0.1) is 5.92 Å². The van der Waals surface area contributed by atoms with Gasteiger partial charge in [0.15, 0.2) is 5.96 Å². The van der Waals surface area contributed by atoms with Gasteiger partial charge in [0.2, 0.25) is 0 Å². The van der Waals surface area contributed by atoms with E-state index in [0.717, 1.165) is 24.4 Å². The molecule has 3 N–H and O–H groups in total. The van der Waals surface area contributed by atoms with Crippen molar-refractivity contribution in [3.8, 4) is 5.75 Å². The molecule has 1 aromatic heterocycles. The molecule has 7 nitrogen and oxygen atoms in total. The monoisotopic (exact) mass is 387 g/mol. The lowest BCUT2D eigenvalue weighted by molar-refractivity contribution is 0.180. The van der Waals surface area contributed by atoms with Crippen molar-refractivity contribution in [3.05, 3.63) is 48.3 Å². The summed E-state index contributed by atoms with van der Waals surface area (Å²) in [5.74, 6) is 1.86. The average Bonchev–Trinajstić information content (AvgIpc) is 3.17. The highest BCUT2D eigenvalue weighted by Crippen LogP contribution is 2.18. The number of nitrogens with one attached hydrogen (secondary N) is 2. The van der Waals surface area contributed by atoms with Crippen LogP contribution >= 0.6 is 0 Å². The Morgan fingerprint density at radius 1 is 1.21 bits per heavy atom. The largest absolute Gasteiger partial charge is 0.491 e. The van der Waals surface area contributed by atoms with Gasteiger partial charge in [0.05, 0.1) is 12.2 Å². The maximum Gasteiger partial charge on any atom is 0.191 e. The molecular weight excluding hydrogens is 354 g/mol. The molecule has 28 heavy (non-hydrogen) atoms. The van der Waals surface area contributed by atoms with Crippen LogP contribution in [-0.2, 0) is 6.54 Å². The first-order valence-corrected chi connectivity index (χ1v) is 9.92. The van der Waals surface area contributed by atoms with E-state index in [-0.39, 0.29) is 6.10 Å². The molecule has 1 aromatic carbocycles. The topological polar surface area (TPSA) is 83.7 Å². The number of ether oxygens (including phenoxy) is 1. The van der Waals surface area contributed by atoms with Crippen LogP contribution in [0.4, 0.5) is 0 Å². The normalized spacial score (nSPS) is 14.0. The Bertz CT molecular complexity index is 698. The molecule has 1 heterocycles. The molecule has 2 unspecified atom stereocenters. The predicted octanol–water partition coefficient (Wildman–Crippen LogP) is 2.60. The van der Waals surface area contributed by atoms with Crippen molar-refractivity contribution in [2.24, 2.45) is 10.9 Å². The molecule has 0 spiro atoms. The standard InChI is InChI=1S/C21H33N5O2/c1-5-22-21(23-13-17(4)15-26-12-6-11-25-26)24-14-20(27)18-7-9-19(10-8-18)28-16(2)3/h6-12,16-17,20,27H,5,13-15H2,1-4H3,(H2,22,23,24). The Morgan fingerprint density at radius 2 is 1.96 bits per heavy atom. The molecule has 0 aliphatic carbocycles. The number of benzene rings is 1. The zero-order valence-electron chi connectivity index (χ0n) is 17.3. The van der Waals surface area contributed by atoms with Crippen LogP contribution in [0.2, 0.25) is 0 Å². The number of guanidine groups is 1. The second-order valence-corrected chi connectivity index (χ2v) is 7.19. The van der Waals surface area contributed by atoms with Crippen molar-refractivity contribution in [3.63, 3.8) is 0 Å². The zero-order chi connectivity index (χ0) is 20.4. The van der Waals surface area contributed by atoms with E-state index in [1.807, 2.05) is 62.0 Å². The highest BCUT2D eigenvalue weighted by atomic mass is 16.5. The average molecular weight is 388 g/mol. The van der Waals surface area contributed by atoms with Gasteiger partial charge < -0.3 is 20.5 Å². The van der Waals surface area contributed by atoms with Gasteiger partial charge in [-0.3, -0.25) is 9.67 Å². The lowest BCUT2D eigenvalue weighted by Crippen LogP contribution is -2.39. The van der Waals surface area contributed by atoms with Crippen LogP contribution < -0.4 is 15.4 Å². The number of aliphatic hydroxyl groups is 1. The van der Waals surface area contributed by atoms with E-state index in [9.17, 15) is 5.11 Å². The number of hydrogen-bond acceptors (Lipinski definition) is 4. The molecule has 2 aromatic rings. The first-order valence-electron chi connectivity index (χ1n) is 9.92. The van der Waals surface area contributed by atoms with E-state index in [1.165, 1.54) is 0 Å². The molecule has 154 valence electrons. The molecule has 0 fully saturated rings. The second-order valence-electron chi connectivity index (χ2n) is 7.19. The lowest BCUT2D eigenvalue weighted by atomic mass is 10.1. The van der Waals surface area contributed by atoms with Gasteiger partial charge in [0.25, 0.3) is 0 Å². The number of aliphatic imine (C=N–C) groups is 1. The van der Waals surface area contributed by atoms with E-state index in [1.54, 1.807) is 6.20 Å². The smallest absolute Gasteiger partial charge is 0.191 e. The first kappa shape index (κ1) is 21.8. The molecule has 0 radical (unpaired) electrons. The Kier molecular flexibility index (Phi) is 8.81.